The number of rotatable bonds is 2. The molecule has 0 heterocycles. The summed E-state index contributed by atoms with van der Waals surface area (Å²) in [5.74, 6) is 0.434. The summed E-state index contributed by atoms with van der Waals surface area (Å²) in [6.45, 7) is 0. The molecule has 12 heavy (non-hydrogen) atoms. The molecule has 0 fully saturated rings. The number of hydrogen-bond acceptors (Lipinski definition) is 3. The van der Waals surface area contributed by atoms with Crippen LogP contribution in [-0.2, 0) is 10.3 Å². The topological polar surface area (TPSA) is 43.4 Å². The average Bonchev–Trinajstić information content (AvgIpc) is 2.03. The Hall–Kier alpha value is -1.00. The van der Waals surface area contributed by atoms with Crippen molar-refractivity contribution < 1.29 is 13.2 Å². The Bertz CT molecular complexity index is 372. The lowest BCUT2D eigenvalue weighted by Crippen LogP contribution is -1.89. The first-order valence-corrected chi connectivity index (χ1v) is 4.54. The fraction of sp³-hybridized carbons (Fsp3) is 0. The van der Waals surface area contributed by atoms with Crippen LogP contribution >= 0.6 is 11.6 Å². The molecule has 0 atom stereocenters. The molecule has 1 aromatic rings. The summed E-state index contributed by atoms with van der Waals surface area (Å²) in [6.07, 6.45) is 0. The van der Waals surface area contributed by atoms with Crippen molar-refractivity contribution in [2.24, 2.45) is 0 Å². The van der Waals surface area contributed by atoms with Crippen molar-refractivity contribution in [1.82, 2.24) is 0 Å². The van der Waals surface area contributed by atoms with E-state index in [1.807, 2.05) is 0 Å². The first-order chi connectivity index (χ1) is 5.68. The lowest BCUT2D eigenvalue weighted by Gasteiger charge is -1.95. The minimum absolute atomic E-state index is 0.434. The highest BCUT2D eigenvalue weighted by Crippen LogP contribution is 2.14. The molecule has 0 saturated heterocycles. The molecule has 64 valence electrons. The van der Waals surface area contributed by atoms with Gasteiger partial charge in [0.15, 0.2) is 0 Å². The average molecular weight is 205 g/mol. The van der Waals surface area contributed by atoms with Gasteiger partial charge < -0.3 is 4.74 Å². The second-order valence-electron chi connectivity index (χ2n) is 1.93. The van der Waals surface area contributed by atoms with Crippen LogP contribution in [0.1, 0.15) is 0 Å². The van der Waals surface area contributed by atoms with Crippen molar-refractivity contribution in [3.8, 4) is 5.75 Å². The van der Waals surface area contributed by atoms with Gasteiger partial charge in [0.2, 0.25) is 15.8 Å². The largest absolute Gasteiger partial charge is 0.449 e. The first-order valence-electron chi connectivity index (χ1n) is 3.02. The minimum Gasteiger partial charge on any atom is -0.449 e. The van der Waals surface area contributed by atoms with Crippen LogP contribution in [0.5, 0.6) is 5.75 Å². The quantitative estimate of drug-likeness (QED) is 0.684. The van der Waals surface area contributed by atoms with E-state index in [1.54, 1.807) is 24.3 Å². The van der Waals surface area contributed by atoms with E-state index < -0.39 is 10.3 Å². The first kappa shape index (κ1) is 9.09. The summed E-state index contributed by atoms with van der Waals surface area (Å²) >= 11 is 5.59. The third-order valence-corrected chi connectivity index (χ3v) is 1.58. The fourth-order valence-electron chi connectivity index (χ4n) is 0.608. The van der Waals surface area contributed by atoms with Crippen molar-refractivity contribution in [3.05, 3.63) is 29.3 Å². The number of ether oxygens (including phenoxy) is 1. The van der Waals surface area contributed by atoms with E-state index in [0.717, 1.165) is 0 Å². The van der Waals surface area contributed by atoms with E-state index >= 15 is 0 Å². The van der Waals surface area contributed by atoms with E-state index in [2.05, 4.69) is 0 Å². The van der Waals surface area contributed by atoms with Gasteiger partial charge in [-0.1, -0.05) is 11.6 Å². The SMILES string of the molecule is O=S(=O)=COc1ccc(Cl)cc1. The van der Waals surface area contributed by atoms with Crippen molar-refractivity contribution in [1.29, 1.82) is 0 Å². The molecule has 3 nitrogen and oxygen atoms in total. The molecule has 0 saturated carbocycles. The Morgan fingerprint density at radius 1 is 1.25 bits per heavy atom. The van der Waals surface area contributed by atoms with Crippen LogP contribution in [0.15, 0.2) is 24.3 Å². The highest BCUT2D eigenvalue weighted by atomic mass is 35.5. The summed E-state index contributed by atoms with van der Waals surface area (Å²) in [5.41, 5.74) is 0.712. The van der Waals surface area contributed by atoms with Crippen LogP contribution in [-0.4, -0.2) is 14.0 Å². The maximum Gasteiger partial charge on any atom is 0.249 e. The number of benzene rings is 1. The summed E-state index contributed by atoms with van der Waals surface area (Å²) < 4.78 is 24.8. The third kappa shape index (κ3) is 2.94. The lowest BCUT2D eigenvalue weighted by molar-refractivity contribution is 0.576. The van der Waals surface area contributed by atoms with Crippen LogP contribution in [0.4, 0.5) is 0 Å². The molecule has 0 aliphatic rings. The van der Waals surface area contributed by atoms with Crippen LogP contribution < -0.4 is 4.74 Å². The Morgan fingerprint density at radius 2 is 1.83 bits per heavy atom. The van der Waals surface area contributed by atoms with Crippen LogP contribution in [0.3, 0.4) is 0 Å². The van der Waals surface area contributed by atoms with Crippen LogP contribution in [0, 0.1) is 0 Å². The van der Waals surface area contributed by atoms with E-state index in [-0.39, 0.29) is 0 Å². The normalized spacial score (nSPS) is 9.08. The zero-order valence-electron chi connectivity index (χ0n) is 5.90. The molecule has 0 bridgehead atoms. The van der Waals surface area contributed by atoms with Gasteiger partial charge in [0.05, 0.1) is 0 Å². The molecule has 0 unspecified atom stereocenters. The molecule has 1 aromatic carbocycles. The summed E-state index contributed by atoms with van der Waals surface area (Å²) in [6, 6.07) is 6.37. The van der Waals surface area contributed by atoms with E-state index in [4.69, 9.17) is 16.3 Å². The molecule has 0 spiro atoms. The molecule has 0 amide bonds. The van der Waals surface area contributed by atoms with Crippen molar-refractivity contribution in [2.75, 3.05) is 0 Å². The molecule has 0 aliphatic carbocycles. The second-order valence-corrected chi connectivity index (χ2v) is 3.08. The highest BCUT2D eigenvalue weighted by molar-refractivity contribution is 7.71. The lowest BCUT2D eigenvalue weighted by atomic mass is 10.3. The van der Waals surface area contributed by atoms with Crippen molar-refractivity contribution in [2.45, 2.75) is 0 Å². The van der Waals surface area contributed by atoms with Gasteiger partial charge in [-0.3, -0.25) is 0 Å². The maximum atomic E-state index is 10.0. The molecule has 1 rings (SSSR count). The number of halogens is 1. The molecule has 0 aliphatic heterocycles. The highest BCUT2D eigenvalue weighted by Gasteiger charge is 1.90. The molecule has 0 radical (unpaired) electrons. The van der Waals surface area contributed by atoms with Crippen molar-refractivity contribution in [3.63, 3.8) is 0 Å². The van der Waals surface area contributed by atoms with E-state index in [1.165, 1.54) is 0 Å². The van der Waals surface area contributed by atoms with E-state index in [9.17, 15) is 8.42 Å². The minimum atomic E-state index is -2.30. The van der Waals surface area contributed by atoms with Gasteiger partial charge in [-0.2, -0.15) is 8.42 Å². The Balaban J connectivity index is 2.78. The van der Waals surface area contributed by atoms with Crippen LogP contribution in [0.25, 0.3) is 0 Å². The van der Waals surface area contributed by atoms with Crippen LogP contribution in [0.2, 0.25) is 5.02 Å². The summed E-state index contributed by atoms with van der Waals surface area (Å²) in [7, 11) is -2.30. The summed E-state index contributed by atoms with van der Waals surface area (Å²) in [4.78, 5) is 0. The predicted octanol–water partition coefficient (Wildman–Crippen LogP) is 1.36. The fourth-order valence-corrected chi connectivity index (χ4v) is 0.924. The van der Waals surface area contributed by atoms with Gasteiger partial charge in [-0.15, -0.1) is 0 Å². The molecular formula is C7H5ClO3S. The molecule has 0 aromatic heterocycles. The van der Waals surface area contributed by atoms with E-state index in [0.29, 0.717) is 16.3 Å². The predicted molar refractivity (Wildman–Crippen MR) is 47.1 cm³/mol. The van der Waals surface area contributed by atoms with Gasteiger partial charge in [0.25, 0.3) is 0 Å². The third-order valence-electron chi connectivity index (χ3n) is 1.08. The van der Waals surface area contributed by atoms with Crippen molar-refractivity contribution >= 4 is 27.4 Å². The smallest absolute Gasteiger partial charge is 0.249 e. The summed E-state index contributed by atoms with van der Waals surface area (Å²) in [5, 5.41) is 0.575. The molecule has 0 N–H and O–H groups in total. The Labute approximate surface area is 76.1 Å². The standard InChI is InChI=1S/C7H5ClO3S/c8-6-1-3-7(4-2-6)11-5-12(9)10/h1-5H. The second kappa shape index (κ2) is 4.13. The van der Waals surface area contributed by atoms with Gasteiger partial charge in [-0.05, 0) is 24.3 Å². The van der Waals surface area contributed by atoms with Gasteiger partial charge in [0, 0.05) is 5.02 Å². The zero-order chi connectivity index (χ0) is 8.97. The zero-order valence-corrected chi connectivity index (χ0v) is 7.47. The monoisotopic (exact) mass is 204 g/mol. The van der Waals surface area contributed by atoms with Gasteiger partial charge >= 0.3 is 0 Å². The maximum absolute atomic E-state index is 10.0. The number of hydrogen-bond donors (Lipinski definition) is 0. The molecule has 5 heteroatoms. The van der Waals surface area contributed by atoms with Gasteiger partial charge in [-0.25, -0.2) is 0 Å². The Morgan fingerprint density at radius 3 is 2.33 bits per heavy atom. The van der Waals surface area contributed by atoms with Gasteiger partial charge in [0.1, 0.15) is 5.75 Å². The molecular weight excluding hydrogens is 200 g/mol. The Kier molecular flexibility index (Phi) is 3.13.